The number of benzene rings is 1. The van der Waals surface area contributed by atoms with Crippen molar-refractivity contribution in [1.82, 2.24) is 10.2 Å². The molecule has 1 amide bonds. The van der Waals surface area contributed by atoms with Gasteiger partial charge in [-0.05, 0) is 36.7 Å². The highest BCUT2D eigenvalue weighted by Gasteiger charge is 2.10. The van der Waals surface area contributed by atoms with E-state index in [1.807, 2.05) is 6.07 Å². The molecule has 0 aliphatic rings. The summed E-state index contributed by atoms with van der Waals surface area (Å²) in [6.07, 6.45) is 3.88. The van der Waals surface area contributed by atoms with Crippen molar-refractivity contribution in [3.05, 3.63) is 59.0 Å². The summed E-state index contributed by atoms with van der Waals surface area (Å²) in [5.74, 6) is 0.464. The maximum Gasteiger partial charge on any atom is 0.254 e. The van der Waals surface area contributed by atoms with Gasteiger partial charge in [-0.25, -0.2) is 0 Å². The molecule has 0 aliphatic heterocycles. The Morgan fingerprint density at radius 3 is 2.72 bits per heavy atom. The number of carbonyl (C=O) groups excluding carboxylic acids is 1. The minimum absolute atomic E-state index is 0.146. The van der Waals surface area contributed by atoms with Gasteiger partial charge in [0.1, 0.15) is 12.0 Å². The lowest BCUT2D eigenvalue weighted by Crippen LogP contribution is -2.24. The highest BCUT2D eigenvalue weighted by molar-refractivity contribution is 5.93. The Balaban J connectivity index is 1.91. The Morgan fingerprint density at radius 2 is 2.04 bits per heavy atom. The van der Waals surface area contributed by atoms with Crippen molar-refractivity contribution >= 4 is 5.91 Å². The van der Waals surface area contributed by atoms with E-state index in [1.54, 1.807) is 6.07 Å². The SMILES string of the molecule is CCCCN(CC)Cc1cccc(CNC(=O)c2coc(CN)c2)c1. The molecule has 0 saturated heterocycles. The molecule has 25 heavy (non-hydrogen) atoms. The van der Waals surface area contributed by atoms with Crippen LogP contribution in [-0.4, -0.2) is 23.9 Å². The first kappa shape index (κ1) is 19.2. The number of hydrogen-bond donors (Lipinski definition) is 2. The summed E-state index contributed by atoms with van der Waals surface area (Å²) in [6, 6.07) is 10.1. The minimum Gasteiger partial charge on any atom is -0.467 e. The smallest absolute Gasteiger partial charge is 0.254 e. The molecule has 0 radical (unpaired) electrons. The second-order valence-electron chi connectivity index (χ2n) is 6.23. The summed E-state index contributed by atoms with van der Waals surface area (Å²) < 4.78 is 5.20. The molecule has 0 atom stereocenters. The number of carbonyl (C=O) groups is 1. The molecule has 0 aliphatic carbocycles. The third kappa shape index (κ3) is 6.03. The average Bonchev–Trinajstić information content (AvgIpc) is 3.13. The quantitative estimate of drug-likeness (QED) is 0.694. The van der Waals surface area contributed by atoms with E-state index in [4.69, 9.17) is 10.2 Å². The van der Waals surface area contributed by atoms with Crippen LogP contribution < -0.4 is 11.1 Å². The van der Waals surface area contributed by atoms with Crippen molar-refractivity contribution in [3.63, 3.8) is 0 Å². The van der Waals surface area contributed by atoms with Gasteiger partial charge in [-0.3, -0.25) is 9.69 Å². The zero-order chi connectivity index (χ0) is 18.1. The Labute approximate surface area is 150 Å². The maximum absolute atomic E-state index is 12.2. The second kappa shape index (κ2) is 10.0. The summed E-state index contributed by atoms with van der Waals surface area (Å²) in [7, 11) is 0. The fraction of sp³-hybridized carbons (Fsp3) is 0.450. The molecule has 0 spiro atoms. The lowest BCUT2D eigenvalue weighted by Gasteiger charge is -2.20. The third-order valence-electron chi connectivity index (χ3n) is 4.24. The molecule has 0 fully saturated rings. The van der Waals surface area contributed by atoms with E-state index in [0.29, 0.717) is 24.4 Å². The van der Waals surface area contributed by atoms with Crippen LogP contribution in [0.3, 0.4) is 0 Å². The van der Waals surface area contributed by atoms with Gasteiger partial charge in [0.05, 0.1) is 12.1 Å². The second-order valence-corrected chi connectivity index (χ2v) is 6.23. The molecular weight excluding hydrogens is 314 g/mol. The predicted molar refractivity (Wildman–Crippen MR) is 100 cm³/mol. The van der Waals surface area contributed by atoms with Crippen molar-refractivity contribution in [1.29, 1.82) is 0 Å². The number of amides is 1. The molecule has 2 rings (SSSR count). The van der Waals surface area contributed by atoms with Crippen molar-refractivity contribution in [2.45, 2.75) is 46.3 Å². The summed E-state index contributed by atoms with van der Waals surface area (Å²) >= 11 is 0. The standard InChI is InChI=1S/C20H29N3O2/c1-3-5-9-23(4-2)14-17-8-6-7-16(10-17)13-22-20(24)18-11-19(12-21)25-15-18/h6-8,10-11,15H,3-5,9,12-14,21H2,1-2H3,(H,22,24). The fourth-order valence-corrected chi connectivity index (χ4v) is 2.72. The Bertz CT molecular complexity index is 666. The van der Waals surface area contributed by atoms with E-state index in [1.165, 1.54) is 24.7 Å². The van der Waals surface area contributed by atoms with Crippen LogP contribution in [0.4, 0.5) is 0 Å². The molecule has 0 saturated carbocycles. The highest BCUT2D eigenvalue weighted by atomic mass is 16.3. The van der Waals surface area contributed by atoms with Crippen molar-refractivity contribution in [3.8, 4) is 0 Å². The molecule has 3 N–H and O–H groups in total. The van der Waals surface area contributed by atoms with Gasteiger partial charge in [0.2, 0.25) is 0 Å². The number of nitrogens with two attached hydrogens (primary N) is 1. The zero-order valence-corrected chi connectivity index (χ0v) is 15.3. The van der Waals surface area contributed by atoms with Gasteiger partial charge in [0.25, 0.3) is 5.91 Å². The van der Waals surface area contributed by atoms with Gasteiger partial charge in [-0.15, -0.1) is 0 Å². The van der Waals surface area contributed by atoms with Crippen LogP contribution in [0, 0.1) is 0 Å². The number of nitrogens with zero attached hydrogens (tertiary/aromatic N) is 1. The molecule has 5 nitrogen and oxygen atoms in total. The first-order chi connectivity index (χ1) is 12.2. The molecule has 136 valence electrons. The van der Waals surface area contributed by atoms with Crippen LogP contribution in [0.25, 0.3) is 0 Å². The van der Waals surface area contributed by atoms with Crippen molar-refractivity contribution < 1.29 is 9.21 Å². The molecule has 2 aromatic rings. The molecular formula is C20H29N3O2. The molecule has 1 aromatic carbocycles. The van der Waals surface area contributed by atoms with E-state index in [-0.39, 0.29) is 5.91 Å². The van der Waals surface area contributed by atoms with E-state index >= 15 is 0 Å². The van der Waals surface area contributed by atoms with Gasteiger partial charge in [-0.1, -0.05) is 44.5 Å². The van der Waals surface area contributed by atoms with Crippen molar-refractivity contribution in [2.24, 2.45) is 5.73 Å². The molecule has 0 unspecified atom stereocenters. The van der Waals surface area contributed by atoms with Crippen LogP contribution in [-0.2, 0) is 19.6 Å². The van der Waals surface area contributed by atoms with E-state index < -0.39 is 0 Å². The van der Waals surface area contributed by atoms with E-state index in [0.717, 1.165) is 25.2 Å². The Hall–Kier alpha value is -2.11. The van der Waals surface area contributed by atoms with Crippen LogP contribution in [0.2, 0.25) is 0 Å². The van der Waals surface area contributed by atoms with Crippen molar-refractivity contribution in [2.75, 3.05) is 13.1 Å². The van der Waals surface area contributed by atoms with Crippen LogP contribution >= 0.6 is 0 Å². The number of rotatable bonds is 10. The molecule has 0 bridgehead atoms. The monoisotopic (exact) mass is 343 g/mol. The number of nitrogens with one attached hydrogen (secondary N) is 1. The van der Waals surface area contributed by atoms with Gasteiger partial charge in [0.15, 0.2) is 0 Å². The summed E-state index contributed by atoms with van der Waals surface area (Å²) in [4.78, 5) is 14.6. The summed E-state index contributed by atoms with van der Waals surface area (Å²) in [5, 5.41) is 2.93. The van der Waals surface area contributed by atoms with Gasteiger partial charge >= 0.3 is 0 Å². The maximum atomic E-state index is 12.2. The zero-order valence-electron chi connectivity index (χ0n) is 15.3. The largest absolute Gasteiger partial charge is 0.467 e. The topological polar surface area (TPSA) is 71.5 Å². The Morgan fingerprint density at radius 1 is 1.24 bits per heavy atom. The van der Waals surface area contributed by atoms with Gasteiger partial charge < -0.3 is 15.5 Å². The minimum atomic E-state index is -0.146. The van der Waals surface area contributed by atoms with Crippen LogP contribution in [0.1, 0.15) is 53.9 Å². The molecule has 1 aromatic heterocycles. The lowest BCUT2D eigenvalue weighted by atomic mass is 10.1. The Kier molecular flexibility index (Phi) is 7.70. The normalized spacial score (nSPS) is 11.0. The average molecular weight is 343 g/mol. The fourth-order valence-electron chi connectivity index (χ4n) is 2.72. The first-order valence-electron chi connectivity index (χ1n) is 9.02. The third-order valence-corrected chi connectivity index (χ3v) is 4.24. The van der Waals surface area contributed by atoms with E-state index in [2.05, 4.69) is 42.3 Å². The number of unbranched alkanes of at least 4 members (excludes halogenated alkanes) is 1. The number of furan rings is 1. The predicted octanol–water partition coefficient (Wildman–Crippen LogP) is 3.29. The number of hydrogen-bond acceptors (Lipinski definition) is 4. The van der Waals surface area contributed by atoms with Crippen LogP contribution in [0.15, 0.2) is 41.0 Å². The van der Waals surface area contributed by atoms with Gasteiger partial charge in [0, 0.05) is 13.1 Å². The molecule has 1 heterocycles. The first-order valence-corrected chi connectivity index (χ1v) is 9.02. The molecule has 5 heteroatoms. The summed E-state index contributed by atoms with van der Waals surface area (Å²) in [5.41, 5.74) is 8.38. The lowest BCUT2D eigenvalue weighted by molar-refractivity contribution is 0.0950. The van der Waals surface area contributed by atoms with E-state index in [9.17, 15) is 4.79 Å². The summed E-state index contributed by atoms with van der Waals surface area (Å²) in [6.45, 7) is 8.31. The highest BCUT2D eigenvalue weighted by Crippen LogP contribution is 2.11. The van der Waals surface area contributed by atoms with Gasteiger partial charge in [-0.2, -0.15) is 0 Å². The van der Waals surface area contributed by atoms with Crippen LogP contribution in [0.5, 0.6) is 0 Å².